The summed E-state index contributed by atoms with van der Waals surface area (Å²) in [6.45, 7) is 3.12. The van der Waals surface area contributed by atoms with Gasteiger partial charge in [-0.3, -0.25) is 4.79 Å². The number of hydrogen-bond acceptors (Lipinski definition) is 7. The lowest BCUT2D eigenvalue weighted by molar-refractivity contribution is -0.110. The molecule has 0 bridgehead atoms. The average molecular weight is 389 g/mol. The Kier molecular flexibility index (Phi) is 4.45. The van der Waals surface area contributed by atoms with Crippen LogP contribution in [0, 0.1) is 0 Å². The first-order chi connectivity index (χ1) is 14.3. The minimum Gasteiger partial charge on any atom is -0.464 e. The normalized spacial score (nSPS) is 17.3. The number of nitrogens with one attached hydrogen (secondary N) is 2. The van der Waals surface area contributed by atoms with Crippen LogP contribution in [0.4, 0.5) is 17.3 Å². The van der Waals surface area contributed by atoms with Crippen molar-refractivity contribution in [2.45, 2.75) is 0 Å². The van der Waals surface area contributed by atoms with Crippen LogP contribution in [0.2, 0.25) is 0 Å². The Bertz CT molecular complexity index is 1050. The van der Waals surface area contributed by atoms with E-state index in [9.17, 15) is 4.79 Å². The Morgan fingerprint density at radius 3 is 2.79 bits per heavy atom. The molecule has 5 heterocycles. The molecule has 1 saturated heterocycles. The fourth-order valence-electron chi connectivity index (χ4n) is 3.39. The fourth-order valence-corrected chi connectivity index (χ4v) is 3.39. The summed E-state index contributed by atoms with van der Waals surface area (Å²) in [5, 5.41) is 5.95. The summed E-state index contributed by atoms with van der Waals surface area (Å²) < 4.78 is 10.8. The molecule has 2 aliphatic heterocycles. The Morgan fingerprint density at radius 2 is 2.03 bits per heavy atom. The number of hydrogen-bond donors (Lipinski definition) is 2. The van der Waals surface area contributed by atoms with E-state index in [-0.39, 0.29) is 5.91 Å². The van der Waals surface area contributed by atoms with Crippen LogP contribution in [0.1, 0.15) is 5.56 Å². The Balaban J connectivity index is 1.36. The van der Waals surface area contributed by atoms with E-state index in [1.807, 2.05) is 30.3 Å². The first-order valence-corrected chi connectivity index (χ1v) is 9.39. The molecule has 29 heavy (non-hydrogen) atoms. The Hall–Kier alpha value is -3.65. The zero-order valence-electron chi connectivity index (χ0n) is 15.6. The molecule has 0 aliphatic carbocycles. The van der Waals surface area contributed by atoms with Gasteiger partial charge in [0.15, 0.2) is 0 Å². The van der Waals surface area contributed by atoms with Crippen LogP contribution in [0.15, 0.2) is 59.6 Å². The predicted octanol–water partition coefficient (Wildman–Crippen LogP) is 2.98. The molecule has 146 valence electrons. The molecule has 8 heteroatoms. The van der Waals surface area contributed by atoms with Crippen molar-refractivity contribution in [2.24, 2.45) is 0 Å². The van der Waals surface area contributed by atoms with Crippen LogP contribution in [0.5, 0.6) is 0 Å². The molecule has 0 aromatic carbocycles. The summed E-state index contributed by atoms with van der Waals surface area (Å²) in [6, 6.07) is 9.48. The van der Waals surface area contributed by atoms with Gasteiger partial charge in [0, 0.05) is 36.6 Å². The number of fused-ring (bicyclic) bond motifs is 1. The lowest BCUT2D eigenvalue weighted by Gasteiger charge is -2.27. The number of carbonyl (C=O) groups is 1. The lowest BCUT2D eigenvalue weighted by Crippen LogP contribution is -2.36. The molecule has 1 fully saturated rings. The first-order valence-electron chi connectivity index (χ1n) is 9.39. The molecule has 0 spiro atoms. The van der Waals surface area contributed by atoms with Crippen molar-refractivity contribution in [3.8, 4) is 11.3 Å². The molecule has 0 radical (unpaired) electrons. The highest BCUT2D eigenvalue weighted by molar-refractivity contribution is 6.31. The Labute approximate surface area is 167 Å². The number of rotatable bonds is 4. The van der Waals surface area contributed by atoms with E-state index in [0.717, 1.165) is 48.9 Å². The second-order valence-corrected chi connectivity index (χ2v) is 6.76. The van der Waals surface area contributed by atoms with Crippen LogP contribution in [-0.2, 0) is 9.53 Å². The Morgan fingerprint density at radius 1 is 1.14 bits per heavy atom. The highest BCUT2D eigenvalue weighted by Crippen LogP contribution is 2.33. The van der Waals surface area contributed by atoms with Crippen molar-refractivity contribution in [1.29, 1.82) is 0 Å². The molecular formula is C21H19N5O3. The van der Waals surface area contributed by atoms with Crippen molar-refractivity contribution >= 4 is 28.8 Å². The number of nitrogens with zero attached hydrogens (tertiary/aromatic N) is 3. The van der Waals surface area contributed by atoms with Crippen molar-refractivity contribution in [2.75, 3.05) is 41.8 Å². The van der Waals surface area contributed by atoms with Crippen molar-refractivity contribution in [3.63, 3.8) is 0 Å². The van der Waals surface area contributed by atoms with Gasteiger partial charge in [-0.2, -0.15) is 0 Å². The highest BCUT2D eigenvalue weighted by Gasteiger charge is 2.26. The van der Waals surface area contributed by atoms with E-state index >= 15 is 0 Å². The van der Waals surface area contributed by atoms with Gasteiger partial charge in [0.1, 0.15) is 17.4 Å². The number of anilines is 3. The van der Waals surface area contributed by atoms with Crippen LogP contribution >= 0.6 is 0 Å². The third-order valence-corrected chi connectivity index (χ3v) is 4.93. The smallest absolute Gasteiger partial charge is 0.259 e. The van der Waals surface area contributed by atoms with E-state index < -0.39 is 0 Å². The number of ether oxygens (including phenoxy) is 1. The van der Waals surface area contributed by atoms with Crippen LogP contribution in [-0.4, -0.2) is 42.2 Å². The summed E-state index contributed by atoms with van der Waals surface area (Å²) >= 11 is 0. The topological polar surface area (TPSA) is 92.5 Å². The van der Waals surface area contributed by atoms with Gasteiger partial charge < -0.3 is 24.7 Å². The van der Waals surface area contributed by atoms with E-state index in [0.29, 0.717) is 17.2 Å². The maximum Gasteiger partial charge on any atom is 0.259 e. The monoisotopic (exact) mass is 389 g/mol. The second-order valence-electron chi connectivity index (χ2n) is 6.76. The molecule has 3 aromatic heterocycles. The van der Waals surface area contributed by atoms with E-state index in [2.05, 4.69) is 25.5 Å². The van der Waals surface area contributed by atoms with Gasteiger partial charge >= 0.3 is 0 Å². The number of aromatic nitrogens is 2. The van der Waals surface area contributed by atoms with Gasteiger partial charge in [-0.25, -0.2) is 9.97 Å². The molecule has 8 nitrogen and oxygen atoms in total. The zero-order valence-corrected chi connectivity index (χ0v) is 15.6. The third-order valence-electron chi connectivity index (χ3n) is 4.93. The summed E-state index contributed by atoms with van der Waals surface area (Å²) in [7, 11) is 0. The van der Waals surface area contributed by atoms with Crippen LogP contribution in [0.25, 0.3) is 16.9 Å². The molecule has 2 aliphatic rings. The second kappa shape index (κ2) is 7.40. The van der Waals surface area contributed by atoms with Gasteiger partial charge in [-0.1, -0.05) is 0 Å². The van der Waals surface area contributed by atoms with Gasteiger partial charge in [0.25, 0.3) is 5.91 Å². The van der Waals surface area contributed by atoms with Crippen molar-refractivity contribution in [3.05, 3.63) is 60.8 Å². The van der Waals surface area contributed by atoms with E-state index in [1.165, 1.54) is 0 Å². The van der Waals surface area contributed by atoms with E-state index in [1.54, 1.807) is 24.9 Å². The minimum atomic E-state index is -0.200. The number of pyridine rings is 2. The van der Waals surface area contributed by atoms with Gasteiger partial charge in [-0.05, 0) is 30.3 Å². The summed E-state index contributed by atoms with van der Waals surface area (Å²) in [4.78, 5) is 23.4. The predicted molar refractivity (Wildman–Crippen MR) is 109 cm³/mol. The molecule has 3 aromatic rings. The molecule has 5 rings (SSSR count). The van der Waals surface area contributed by atoms with Gasteiger partial charge in [0.2, 0.25) is 0 Å². The fraction of sp³-hybridized carbons (Fsp3) is 0.190. The van der Waals surface area contributed by atoms with E-state index in [4.69, 9.17) is 9.15 Å². The SMILES string of the molecule is O=C1Nc2ncc(-c3ccco3)cc2C1=CNc1ccc(N2CCOCC2)nc1. The first kappa shape index (κ1) is 17.4. The molecular weight excluding hydrogens is 370 g/mol. The number of carbonyl (C=O) groups excluding carboxylic acids is 1. The minimum absolute atomic E-state index is 0.200. The van der Waals surface area contributed by atoms with Gasteiger partial charge in [-0.15, -0.1) is 0 Å². The largest absolute Gasteiger partial charge is 0.464 e. The number of furan rings is 1. The molecule has 2 N–H and O–H groups in total. The standard InChI is InChI=1S/C21H19N5O3/c27-21-17(16-10-14(11-24-20(16)25-21)18-2-1-7-29-18)13-22-15-3-4-19(23-12-15)26-5-8-28-9-6-26/h1-4,7,10-13,22H,5-6,8-9H2,(H,24,25,27). The average Bonchev–Trinajstić information content (AvgIpc) is 3.40. The number of morpholine rings is 1. The summed E-state index contributed by atoms with van der Waals surface area (Å²) in [5.41, 5.74) is 2.85. The number of amides is 1. The zero-order chi connectivity index (χ0) is 19.6. The highest BCUT2D eigenvalue weighted by atomic mass is 16.5. The molecule has 0 saturated carbocycles. The maximum absolute atomic E-state index is 12.4. The molecule has 1 amide bonds. The third kappa shape index (κ3) is 3.45. The summed E-state index contributed by atoms with van der Waals surface area (Å²) in [5.74, 6) is 1.96. The quantitative estimate of drug-likeness (QED) is 0.663. The molecule has 0 atom stereocenters. The van der Waals surface area contributed by atoms with Crippen molar-refractivity contribution < 1.29 is 13.9 Å². The lowest BCUT2D eigenvalue weighted by atomic mass is 10.1. The van der Waals surface area contributed by atoms with Gasteiger partial charge in [0.05, 0.1) is 36.9 Å². The van der Waals surface area contributed by atoms with Crippen molar-refractivity contribution in [1.82, 2.24) is 9.97 Å². The maximum atomic E-state index is 12.4. The van der Waals surface area contributed by atoms with Crippen LogP contribution in [0.3, 0.4) is 0 Å². The molecule has 0 unspecified atom stereocenters. The summed E-state index contributed by atoms with van der Waals surface area (Å²) in [6.07, 6.45) is 6.73. The van der Waals surface area contributed by atoms with Crippen LogP contribution < -0.4 is 15.5 Å².